The van der Waals surface area contributed by atoms with Gasteiger partial charge in [-0.3, -0.25) is 9.78 Å². The molecule has 5 nitrogen and oxygen atoms in total. The van der Waals surface area contributed by atoms with E-state index >= 15 is 0 Å². The van der Waals surface area contributed by atoms with Crippen LogP contribution in [-0.4, -0.2) is 30.5 Å². The Morgan fingerprint density at radius 3 is 2.86 bits per heavy atom. The van der Waals surface area contributed by atoms with Crippen molar-refractivity contribution in [1.82, 2.24) is 10.3 Å². The number of nitrogens with zero attached hydrogens (tertiary/aromatic N) is 1. The molecule has 0 saturated carbocycles. The summed E-state index contributed by atoms with van der Waals surface area (Å²) in [5.41, 5.74) is 1.28. The molecule has 1 aromatic carbocycles. The van der Waals surface area contributed by atoms with Crippen molar-refractivity contribution in [3.63, 3.8) is 0 Å². The number of ether oxygens (including phenoxy) is 1. The molecule has 0 aliphatic heterocycles. The van der Waals surface area contributed by atoms with Gasteiger partial charge in [-0.15, -0.1) is 0 Å². The van der Waals surface area contributed by atoms with E-state index < -0.39 is 17.7 Å². The van der Waals surface area contributed by atoms with Gasteiger partial charge in [0.05, 0.1) is 24.4 Å². The van der Waals surface area contributed by atoms with Gasteiger partial charge >= 0.3 is 5.97 Å². The quantitative estimate of drug-likeness (QED) is 0.858. The van der Waals surface area contributed by atoms with Crippen LogP contribution >= 0.6 is 0 Å². The van der Waals surface area contributed by atoms with Crippen molar-refractivity contribution in [2.24, 2.45) is 0 Å². The first-order valence-electron chi connectivity index (χ1n) is 6.67. The number of pyridine rings is 1. The van der Waals surface area contributed by atoms with Gasteiger partial charge in [-0.2, -0.15) is 0 Å². The Hall–Kier alpha value is -2.76. The van der Waals surface area contributed by atoms with E-state index in [9.17, 15) is 14.0 Å². The lowest BCUT2D eigenvalue weighted by atomic mass is 10.1. The molecule has 0 unspecified atom stereocenters. The molecular weight excluding hydrogens is 287 g/mol. The van der Waals surface area contributed by atoms with Gasteiger partial charge in [-0.1, -0.05) is 12.1 Å². The topological polar surface area (TPSA) is 68.3 Å². The number of methoxy groups -OCH3 is 1. The van der Waals surface area contributed by atoms with Crippen molar-refractivity contribution in [3.8, 4) is 0 Å². The fraction of sp³-hybridized carbons (Fsp3) is 0.188. The Balaban J connectivity index is 1.93. The van der Waals surface area contributed by atoms with Gasteiger partial charge in [-0.25, -0.2) is 9.18 Å². The maximum Gasteiger partial charge on any atom is 0.337 e. The van der Waals surface area contributed by atoms with E-state index in [1.165, 1.54) is 19.4 Å². The van der Waals surface area contributed by atoms with Gasteiger partial charge in [0.15, 0.2) is 5.82 Å². The fourth-order valence-corrected chi connectivity index (χ4v) is 1.95. The molecule has 0 aliphatic rings. The van der Waals surface area contributed by atoms with Crippen molar-refractivity contribution in [3.05, 3.63) is 65.2 Å². The molecule has 6 heteroatoms. The number of hydrogen-bond acceptors (Lipinski definition) is 4. The minimum Gasteiger partial charge on any atom is -0.465 e. The number of rotatable bonds is 5. The zero-order valence-electron chi connectivity index (χ0n) is 12.0. The SMILES string of the molecule is COC(=O)c1cccc(CCNC(=O)c2ccncc2F)c1. The van der Waals surface area contributed by atoms with Crippen LogP contribution in [0.15, 0.2) is 42.7 Å². The number of amides is 1. The van der Waals surface area contributed by atoms with Crippen LogP contribution in [0.1, 0.15) is 26.3 Å². The molecule has 114 valence electrons. The zero-order valence-corrected chi connectivity index (χ0v) is 12.0. The summed E-state index contributed by atoms with van der Waals surface area (Å²) < 4.78 is 18.0. The standard InChI is InChI=1S/C16H15FN2O3/c1-22-16(21)12-4-2-3-11(9-12)5-8-19-15(20)13-6-7-18-10-14(13)17/h2-4,6-7,9-10H,5,8H2,1H3,(H,19,20). The van der Waals surface area contributed by atoms with Crippen LogP contribution in [0, 0.1) is 5.82 Å². The third-order valence-corrected chi connectivity index (χ3v) is 3.06. The molecule has 1 aromatic heterocycles. The number of carbonyl (C=O) groups excluding carboxylic acids is 2. The van der Waals surface area contributed by atoms with Crippen LogP contribution in [0.2, 0.25) is 0 Å². The van der Waals surface area contributed by atoms with Crippen molar-refractivity contribution < 1.29 is 18.7 Å². The Kier molecular flexibility index (Phi) is 5.19. The first-order chi connectivity index (χ1) is 10.6. The third-order valence-electron chi connectivity index (χ3n) is 3.06. The largest absolute Gasteiger partial charge is 0.465 e. The second-order valence-electron chi connectivity index (χ2n) is 4.55. The molecule has 2 aromatic rings. The third kappa shape index (κ3) is 3.88. The van der Waals surface area contributed by atoms with E-state index in [-0.39, 0.29) is 5.56 Å². The predicted molar refractivity (Wildman–Crippen MR) is 78.0 cm³/mol. The van der Waals surface area contributed by atoms with E-state index in [0.717, 1.165) is 11.8 Å². The molecule has 1 amide bonds. The minimum absolute atomic E-state index is 0.0432. The Bertz CT molecular complexity index is 689. The van der Waals surface area contributed by atoms with E-state index in [0.29, 0.717) is 18.5 Å². The Morgan fingerprint density at radius 1 is 1.32 bits per heavy atom. The average molecular weight is 302 g/mol. The monoisotopic (exact) mass is 302 g/mol. The fourth-order valence-electron chi connectivity index (χ4n) is 1.95. The highest BCUT2D eigenvalue weighted by Gasteiger charge is 2.11. The molecular formula is C16H15FN2O3. The Morgan fingerprint density at radius 2 is 2.14 bits per heavy atom. The molecule has 0 fully saturated rings. The van der Waals surface area contributed by atoms with Gasteiger partial charge in [0, 0.05) is 12.7 Å². The van der Waals surface area contributed by atoms with Gasteiger partial charge in [0.2, 0.25) is 0 Å². The van der Waals surface area contributed by atoms with Crippen LogP contribution in [0.5, 0.6) is 0 Å². The van der Waals surface area contributed by atoms with Gasteiger partial charge in [0.1, 0.15) is 0 Å². The number of halogens is 1. The molecule has 1 heterocycles. The van der Waals surface area contributed by atoms with Crippen molar-refractivity contribution in [2.75, 3.05) is 13.7 Å². The zero-order chi connectivity index (χ0) is 15.9. The number of carbonyl (C=O) groups is 2. The molecule has 22 heavy (non-hydrogen) atoms. The van der Waals surface area contributed by atoms with E-state index in [2.05, 4.69) is 15.0 Å². The van der Waals surface area contributed by atoms with Crippen LogP contribution in [0.25, 0.3) is 0 Å². The van der Waals surface area contributed by atoms with Crippen molar-refractivity contribution in [2.45, 2.75) is 6.42 Å². The smallest absolute Gasteiger partial charge is 0.337 e. The number of hydrogen-bond donors (Lipinski definition) is 1. The molecule has 2 rings (SSSR count). The number of esters is 1. The summed E-state index contributed by atoms with van der Waals surface area (Å²) in [4.78, 5) is 26.8. The summed E-state index contributed by atoms with van der Waals surface area (Å²) in [5.74, 6) is -1.57. The van der Waals surface area contributed by atoms with Crippen LogP contribution < -0.4 is 5.32 Å². The summed E-state index contributed by atoms with van der Waals surface area (Å²) in [6.45, 7) is 0.325. The number of nitrogens with one attached hydrogen (secondary N) is 1. The van der Waals surface area contributed by atoms with Gasteiger partial charge < -0.3 is 10.1 Å². The summed E-state index contributed by atoms with van der Waals surface area (Å²) in [6.07, 6.45) is 2.87. The summed E-state index contributed by atoms with van der Waals surface area (Å²) in [6, 6.07) is 8.26. The minimum atomic E-state index is -0.660. The van der Waals surface area contributed by atoms with Crippen LogP contribution in [-0.2, 0) is 11.2 Å². The lowest BCUT2D eigenvalue weighted by Gasteiger charge is -2.07. The molecule has 0 atom stereocenters. The molecule has 1 N–H and O–H groups in total. The number of benzene rings is 1. The first-order valence-corrected chi connectivity index (χ1v) is 6.67. The van der Waals surface area contributed by atoms with E-state index in [1.54, 1.807) is 18.2 Å². The average Bonchev–Trinajstić information content (AvgIpc) is 2.54. The summed E-state index contributed by atoms with van der Waals surface area (Å²) >= 11 is 0. The van der Waals surface area contributed by atoms with Crippen LogP contribution in [0.4, 0.5) is 4.39 Å². The molecule has 0 radical (unpaired) electrons. The molecule has 0 spiro atoms. The highest BCUT2D eigenvalue weighted by Crippen LogP contribution is 2.08. The van der Waals surface area contributed by atoms with Gasteiger partial charge in [-0.05, 0) is 30.2 Å². The van der Waals surface area contributed by atoms with Crippen LogP contribution in [0.3, 0.4) is 0 Å². The van der Waals surface area contributed by atoms with Crippen molar-refractivity contribution in [1.29, 1.82) is 0 Å². The first kappa shape index (κ1) is 15.6. The predicted octanol–water partition coefficient (Wildman–Crippen LogP) is 1.98. The molecule has 0 bridgehead atoms. The Labute approximate surface area is 127 Å². The lowest BCUT2D eigenvalue weighted by molar-refractivity contribution is 0.0600. The maximum absolute atomic E-state index is 13.4. The molecule has 0 saturated heterocycles. The molecule has 0 aliphatic carbocycles. The van der Waals surface area contributed by atoms with E-state index in [1.807, 2.05) is 6.07 Å². The number of aromatic nitrogens is 1. The lowest BCUT2D eigenvalue weighted by Crippen LogP contribution is -2.26. The maximum atomic E-state index is 13.4. The highest BCUT2D eigenvalue weighted by atomic mass is 19.1. The highest BCUT2D eigenvalue weighted by molar-refractivity contribution is 5.94. The van der Waals surface area contributed by atoms with E-state index in [4.69, 9.17) is 0 Å². The van der Waals surface area contributed by atoms with Gasteiger partial charge in [0.25, 0.3) is 5.91 Å². The second kappa shape index (κ2) is 7.31. The second-order valence-corrected chi connectivity index (χ2v) is 4.55. The van der Waals surface area contributed by atoms with Crippen molar-refractivity contribution >= 4 is 11.9 Å². The summed E-state index contributed by atoms with van der Waals surface area (Å²) in [7, 11) is 1.32. The summed E-state index contributed by atoms with van der Waals surface area (Å²) in [5, 5.41) is 2.63. The normalized spacial score (nSPS) is 10.1.